The average molecular weight is 296 g/mol. The van der Waals surface area contributed by atoms with E-state index in [4.69, 9.17) is 0 Å². The molecule has 1 fully saturated rings. The highest BCUT2D eigenvalue weighted by Gasteiger charge is 2.21. The van der Waals surface area contributed by atoms with Gasteiger partial charge in [-0.15, -0.1) is 5.10 Å². The van der Waals surface area contributed by atoms with Crippen molar-refractivity contribution in [2.45, 2.75) is 25.8 Å². The number of hydrogen-bond acceptors (Lipinski definition) is 3. The van der Waals surface area contributed by atoms with E-state index in [0.29, 0.717) is 12.5 Å². The molecule has 2 aromatic heterocycles. The van der Waals surface area contributed by atoms with Gasteiger partial charge in [0, 0.05) is 24.6 Å². The Morgan fingerprint density at radius 3 is 2.55 bits per heavy atom. The van der Waals surface area contributed by atoms with E-state index in [1.165, 1.54) is 20.1 Å². The maximum absolute atomic E-state index is 12.6. The first-order valence-electron chi connectivity index (χ1n) is 7.50. The van der Waals surface area contributed by atoms with E-state index in [9.17, 15) is 9.59 Å². The molecule has 0 amide bonds. The molecule has 3 aromatic rings. The highest BCUT2D eigenvalue weighted by molar-refractivity contribution is 5.39. The van der Waals surface area contributed by atoms with E-state index in [0.717, 1.165) is 18.5 Å². The molecule has 0 saturated heterocycles. The summed E-state index contributed by atoms with van der Waals surface area (Å²) < 4.78 is 4.27. The van der Waals surface area contributed by atoms with Gasteiger partial charge in [-0.2, -0.15) is 0 Å². The van der Waals surface area contributed by atoms with Gasteiger partial charge >= 0.3 is 11.2 Å². The Bertz CT molecular complexity index is 932. The number of rotatable bonds is 3. The Balaban J connectivity index is 1.85. The van der Waals surface area contributed by atoms with E-state index < -0.39 is 0 Å². The number of nitrogens with zero attached hydrogens (tertiary/aromatic N) is 4. The van der Waals surface area contributed by atoms with Crippen molar-refractivity contribution in [2.24, 2.45) is 5.92 Å². The lowest BCUT2D eigenvalue weighted by atomic mass is 9.86. The summed E-state index contributed by atoms with van der Waals surface area (Å²) in [6.07, 6.45) is 6.70. The van der Waals surface area contributed by atoms with E-state index in [1.807, 2.05) is 30.3 Å². The summed E-state index contributed by atoms with van der Waals surface area (Å²) >= 11 is 0. The molecule has 0 aliphatic heterocycles. The summed E-state index contributed by atoms with van der Waals surface area (Å²) in [6, 6.07) is 9.33. The largest absolute Gasteiger partial charge is 0.350 e. The third-order valence-electron chi connectivity index (χ3n) is 4.34. The minimum absolute atomic E-state index is 0.177. The lowest BCUT2D eigenvalue weighted by Crippen LogP contribution is -2.28. The van der Waals surface area contributed by atoms with Crippen LogP contribution in [0, 0.1) is 5.92 Å². The molecule has 0 unspecified atom stereocenters. The van der Waals surface area contributed by atoms with E-state index in [2.05, 4.69) is 5.10 Å². The molecule has 1 aromatic carbocycles. The summed E-state index contributed by atoms with van der Waals surface area (Å²) in [6.45, 7) is 0.602. The first-order chi connectivity index (χ1) is 10.7. The van der Waals surface area contributed by atoms with Gasteiger partial charge in [-0.1, -0.05) is 24.6 Å². The number of benzene rings is 1. The molecular formula is C16H16N4O2. The summed E-state index contributed by atoms with van der Waals surface area (Å²) in [5.41, 5.74) is 0.420. The summed E-state index contributed by atoms with van der Waals surface area (Å²) in [7, 11) is 0. The Morgan fingerprint density at radius 2 is 1.86 bits per heavy atom. The van der Waals surface area contributed by atoms with Crippen LogP contribution in [-0.4, -0.2) is 18.7 Å². The van der Waals surface area contributed by atoms with E-state index in [-0.39, 0.29) is 16.9 Å². The average Bonchev–Trinajstić information content (AvgIpc) is 2.82. The fraction of sp³-hybridized carbons (Fsp3) is 0.312. The van der Waals surface area contributed by atoms with E-state index in [1.54, 1.807) is 12.4 Å². The maximum atomic E-state index is 12.6. The fourth-order valence-electron chi connectivity index (χ4n) is 2.84. The van der Waals surface area contributed by atoms with Crippen LogP contribution in [0.1, 0.15) is 19.3 Å². The summed E-state index contributed by atoms with van der Waals surface area (Å²) in [5, 5.41) is 4.25. The fourth-order valence-corrected chi connectivity index (χ4v) is 2.84. The van der Waals surface area contributed by atoms with Crippen molar-refractivity contribution in [3.8, 4) is 5.69 Å². The second-order valence-electron chi connectivity index (χ2n) is 5.76. The zero-order valence-corrected chi connectivity index (χ0v) is 12.1. The molecule has 4 rings (SSSR count). The molecule has 6 heteroatoms. The molecule has 22 heavy (non-hydrogen) atoms. The molecule has 0 N–H and O–H groups in total. The quantitative estimate of drug-likeness (QED) is 0.735. The second-order valence-corrected chi connectivity index (χ2v) is 5.76. The normalized spacial score (nSPS) is 15.1. The Kier molecular flexibility index (Phi) is 2.96. The number of aromatic nitrogens is 4. The third kappa shape index (κ3) is 1.99. The molecule has 0 spiro atoms. The molecule has 1 saturated carbocycles. The number of hydrogen-bond donors (Lipinski definition) is 0. The summed E-state index contributed by atoms with van der Waals surface area (Å²) in [4.78, 5) is 24.9. The molecule has 0 bridgehead atoms. The maximum Gasteiger partial charge on any atom is 0.350 e. The van der Waals surface area contributed by atoms with Crippen molar-refractivity contribution in [1.29, 1.82) is 0 Å². The minimum atomic E-state index is -0.279. The van der Waals surface area contributed by atoms with Gasteiger partial charge in [-0.05, 0) is 30.9 Å². The topological polar surface area (TPSA) is 61.3 Å². The Morgan fingerprint density at radius 1 is 1.09 bits per heavy atom. The van der Waals surface area contributed by atoms with Gasteiger partial charge in [0.1, 0.15) is 0 Å². The zero-order valence-electron chi connectivity index (χ0n) is 12.1. The van der Waals surface area contributed by atoms with Crippen LogP contribution >= 0.6 is 0 Å². The molecular weight excluding hydrogens is 280 g/mol. The van der Waals surface area contributed by atoms with Crippen molar-refractivity contribution in [3.05, 3.63) is 63.6 Å². The first-order valence-corrected chi connectivity index (χ1v) is 7.50. The number of fused-ring (bicyclic) bond motifs is 1. The van der Waals surface area contributed by atoms with Crippen molar-refractivity contribution in [2.75, 3.05) is 0 Å². The van der Waals surface area contributed by atoms with Gasteiger partial charge in [-0.25, -0.2) is 13.9 Å². The summed E-state index contributed by atoms with van der Waals surface area (Å²) in [5.74, 6) is 0.513. The second kappa shape index (κ2) is 4.98. The van der Waals surface area contributed by atoms with Crippen LogP contribution in [0.5, 0.6) is 0 Å². The van der Waals surface area contributed by atoms with Crippen LogP contribution < -0.4 is 11.2 Å². The van der Waals surface area contributed by atoms with Crippen molar-refractivity contribution >= 4 is 5.65 Å². The lowest BCUT2D eigenvalue weighted by molar-refractivity contribution is 0.263. The highest BCUT2D eigenvalue weighted by Crippen LogP contribution is 2.27. The van der Waals surface area contributed by atoms with Crippen LogP contribution in [0.2, 0.25) is 0 Å². The van der Waals surface area contributed by atoms with Gasteiger partial charge in [0.2, 0.25) is 5.65 Å². The molecule has 0 radical (unpaired) electrons. The van der Waals surface area contributed by atoms with Gasteiger partial charge < -0.3 is 0 Å². The van der Waals surface area contributed by atoms with Gasteiger partial charge in [0.25, 0.3) is 0 Å². The molecule has 0 atom stereocenters. The van der Waals surface area contributed by atoms with Crippen molar-refractivity contribution in [1.82, 2.24) is 18.7 Å². The standard InChI is InChI=1S/C16H16N4O2/c21-15-14-17-20(11-12-5-4-6-12)16(22)19(14)10-9-18(15)13-7-2-1-3-8-13/h1-3,7-10,12H,4-6,11H2. The monoisotopic (exact) mass is 296 g/mol. The predicted octanol–water partition coefficient (Wildman–Crippen LogP) is 1.45. The van der Waals surface area contributed by atoms with Crippen LogP contribution in [0.3, 0.4) is 0 Å². The Labute approximate surface area is 126 Å². The van der Waals surface area contributed by atoms with Gasteiger partial charge in [0.15, 0.2) is 0 Å². The third-order valence-corrected chi connectivity index (χ3v) is 4.34. The number of para-hydroxylation sites is 1. The molecule has 1 aliphatic carbocycles. The van der Waals surface area contributed by atoms with Crippen LogP contribution in [-0.2, 0) is 6.54 Å². The van der Waals surface area contributed by atoms with Gasteiger partial charge in [-0.3, -0.25) is 9.36 Å². The van der Waals surface area contributed by atoms with Crippen molar-refractivity contribution in [3.63, 3.8) is 0 Å². The van der Waals surface area contributed by atoms with Crippen molar-refractivity contribution < 1.29 is 0 Å². The Hall–Kier alpha value is -2.63. The molecule has 112 valence electrons. The highest BCUT2D eigenvalue weighted by atomic mass is 16.2. The lowest BCUT2D eigenvalue weighted by Gasteiger charge is -2.24. The minimum Gasteiger partial charge on any atom is -0.280 e. The molecule has 1 aliphatic rings. The molecule has 2 heterocycles. The van der Waals surface area contributed by atoms with Gasteiger partial charge in [0.05, 0.1) is 0 Å². The predicted molar refractivity (Wildman–Crippen MR) is 82.4 cm³/mol. The van der Waals surface area contributed by atoms with Crippen LogP contribution in [0.25, 0.3) is 11.3 Å². The molecule has 6 nitrogen and oxygen atoms in total. The smallest absolute Gasteiger partial charge is 0.280 e. The zero-order chi connectivity index (χ0) is 15.1. The van der Waals surface area contributed by atoms with E-state index >= 15 is 0 Å². The van der Waals surface area contributed by atoms with Crippen LogP contribution in [0.4, 0.5) is 0 Å². The first kappa shape index (κ1) is 13.1. The van der Waals surface area contributed by atoms with Crippen LogP contribution in [0.15, 0.2) is 52.3 Å². The SMILES string of the molecule is O=c1c2nn(CC3CCC3)c(=O)n2ccn1-c1ccccc1.